The third kappa shape index (κ3) is 2.31. The molecule has 1 fully saturated rings. The number of nitrogens with zero attached hydrogens (tertiary/aromatic N) is 1. The van der Waals surface area contributed by atoms with Crippen LogP contribution in [0, 0.1) is 0 Å². The number of hydrogen-bond donors (Lipinski definition) is 1. The normalized spacial score (nSPS) is 20.7. The first-order chi connectivity index (χ1) is 10.2. The van der Waals surface area contributed by atoms with Gasteiger partial charge >= 0.3 is 5.97 Å². The molecule has 4 nitrogen and oxygen atoms in total. The number of ether oxygens (including phenoxy) is 1. The number of aromatic carboxylic acids is 1. The number of carbonyl (C=O) groups is 1. The maximum absolute atomic E-state index is 11.4. The van der Waals surface area contributed by atoms with Crippen LogP contribution in [0.1, 0.15) is 50.6 Å². The molecule has 0 saturated heterocycles. The molecule has 1 aliphatic heterocycles. The Kier molecular flexibility index (Phi) is 2.96. The summed E-state index contributed by atoms with van der Waals surface area (Å²) in [5, 5.41) is 10.3. The minimum absolute atomic E-state index is 0.163. The van der Waals surface area contributed by atoms with Gasteiger partial charge in [-0.2, -0.15) is 0 Å². The second kappa shape index (κ2) is 4.84. The van der Waals surface area contributed by atoms with Gasteiger partial charge < -0.3 is 9.84 Å². The van der Waals surface area contributed by atoms with Crippen LogP contribution in [-0.2, 0) is 6.42 Å². The molecule has 1 atom stereocenters. The van der Waals surface area contributed by atoms with Crippen LogP contribution in [0.4, 0.5) is 0 Å². The van der Waals surface area contributed by atoms with Crippen LogP contribution in [0.25, 0.3) is 0 Å². The van der Waals surface area contributed by atoms with Crippen molar-refractivity contribution in [1.29, 1.82) is 0 Å². The number of hydrogen-bond acceptors (Lipinski definition) is 4. The highest BCUT2D eigenvalue weighted by Gasteiger charge is 2.34. The topological polar surface area (TPSA) is 59.4 Å². The number of thiazole rings is 1. The third-order valence-electron chi connectivity index (χ3n) is 4.06. The number of benzene rings is 1. The first-order valence-corrected chi connectivity index (χ1v) is 7.98. The Labute approximate surface area is 126 Å². The fourth-order valence-electron chi connectivity index (χ4n) is 2.80. The molecule has 2 heterocycles. The van der Waals surface area contributed by atoms with Gasteiger partial charge in [-0.1, -0.05) is 18.2 Å². The molecular formula is C16H15NO3S. The monoisotopic (exact) mass is 301 g/mol. The quantitative estimate of drug-likeness (QED) is 0.943. The third-order valence-corrected chi connectivity index (χ3v) is 5.28. The van der Waals surface area contributed by atoms with E-state index in [0.717, 1.165) is 35.7 Å². The average Bonchev–Trinajstić information content (AvgIpc) is 3.25. The van der Waals surface area contributed by atoms with Crippen molar-refractivity contribution in [2.45, 2.75) is 31.1 Å². The van der Waals surface area contributed by atoms with E-state index in [1.165, 1.54) is 16.9 Å². The molecule has 1 aromatic heterocycles. The molecular weight excluding hydrogens is 286 g/mol. The van der Waals surface area contributed by atoms with Crippen molar-refractivity contribution in [3.8, 4) is 5.75 Å². The fourth-order valence-corrected chi connectivity index (χ4v) is 3.87. The summed E-state index contributed by atoms with van der Waals surface area (Å²) in [6, 6.07) is 8.02. The van der Waals surface area contributed by atoms with Crippen molar-refractivity contribution in [2.75, 3.05) is 6.61 Å². The second-order valence-electron chi connectivity index (χ2n) is 5.67. The lowest BCUT2D eigenvalue weighted by Gasteiger charge is -2.23. The van der Waals surface area contributed by atoms with Crippen LogP contribution in [0.2, 0.25) is 0 Å². The van der Waals surface area contributed by atoms with E-state index in [0.29, 0.717) is 17.4 Å². The fraction of sp³-hybridized carbons (Fsp3) is 0.375. The van der Waals surface area contributed by atoms with Crippen molar-refractivity contribution in [2.24, 2.45) is 0 Å². The molecule has 2 aliphatic rings. The van der Waals surface area contributed by atoms with E-state index in [1.54, 1.807) is 0 Å². The maximum atomic E-state index is 11.4. The van der Waals surface area contributed by atoms with Gasteiger partial charge in [0.1, 0.15) is 15.6 Å². The van der Waals surface area contributed by atoms with E-state index in [9.17, 15) is 9.90 Å². The van der Waals surface area contributed by atoms with Gasteiger partial charge in [0.2, 0.25) is 0 Å². The van der Waals surface area contributed by atoms with E-state index >= 15 is 0 Å². The number of para-hydroxylation sites is 1. The van der Waals surface area contributed by atoms with Gasteiger partial charge in [0, 0.05) is 11.8 Å². The van der Waals surface area contributed by atoms with Crippen molar-refractivity contribution in [1.82, 2.24) is 4.98 Å². The Morgan fingerprint density at radius 1 is 1.29 bits per heavy atom. The zero-order valence-electron chi connectivity index (χ0n) is 11.4. The summed E-state index contributed by atoms with van der Waals surface area (Å²) in [4.78, 5) is 16.5. The molecule has 1 unspecified atom stereocenters. The predicted octanol–water partition coefficient (Wildman–Crippen LogP) is 3.44. The zero-order chi connectivity index (χ0) is 14.4. The maximum Gasteiger partial charge on any atom is 0.347 e. The van der Waals surface area contributed by atoms with Crippen LogP contribution in [0.5, 0.6) is 5.75 Å². The Bertz CT molecular complexity index is 705. The van der Waals surface area contributed by atoms with Gasteiger partial charge in [-0.15, -0.1) is 11.3 Å². The molecule has 5 heteroatoms. The highest BCUT2D eigenvalue weighted by molar-refractivity contribution is 7.13. The van der Waals surface area contributed by atoms with Crippen LogP contribution < -0.4 is 4.74 Å². The highest BCUT2D eigenvalue weighted by Crippen LogP contribution is 2.44. The summed E-state index contributed by atoms with van der Waals surface area (Å²) >= 11 is 1.33. The molecule has 0 radical (unpaired) electrons. The van der Waals surface area contributed by atoms with Gasteiger partial charge in [0.25, 0.3) is 0 Å². The number of rotatable bonds is 3. The molecule has 0 amide bonds. The summed E-state index contributed by atoms with van der Waals surface area (Å²) < 4.78 is 5.80. The largest absolute Gasteiger partial charge is 0.493 e. The van der Waals surface area contributed by atoms with Crippen molar-refractivity contribution in [3.05, 3.63) is 45.4 Å². The van der Waals surface area contributed by atoms with Gasteiger partial charge in [-0.3, -0.25) is 0 Å². The number of carboxylic acid groups (broad SMARTS) is 1. The van der Waals surface area contributed by atoms with Crippen molar-refractivity contribution in [3.63, 3.8) is 0 Å². The first kappa shape index (κ1) is 12.8. The Hall–Kier alpha value is -1.88. The Morgan fingerprint density at radius 2 is 2.10 bits per heavy atom. The Balaban J connectivity index is 1.65. The molecule has 2 aromatic rings. The van der Waals surface area contributed by atoms with Gasteiger partial charge in [0.15, 0.2) is 0 Å². The number of fused-ring (bicyclic) bond motifs is 1. The van der Waals surface area contributed by atoms with Crippen LogP contribution in [0.15, 0.2) is 24.3 Å². The van der Waals surface area contributed by atoms with Crippen molar-refractivity contribution < 1.29 is 14.6 Å². The van der Waals surface area contributed by atoms with E-state index in [2.05, 4.69) is 11.1 Å². The molecule has 1 saturated carbocycles. The van der Waals surface area contributed by atoms with E-state index in [-0.39, 0.29) is 5.92 Å². The standard InChI is InChI=1S/C16H15NO3S/c18-16(19)14-13(9-5-6-9)17-15(21-14)11-7-10-3-1-2-4-12(10)20-8-11/h1-4,9,11H,5-8H2,(H,18,19). The zero-order valence-corrected chi connectivity index (χ0v) is 12.2. The first-order valence-electron chi connectivity index (χ1n) is 7.17. The van der Waals surface area contributed by atoms with E-state index < -0.39 is 5.97 Å². The lowest BCUT2D eigenvalue weighted by molar-refractivity contribution is 0.0700. The molecule has 0 bridgehead atoms. The Morgan fingerprint density at radius 3 is 2.86 bits per heavy atom. The molecule has 1 aliphatic carbocycles. The molecule has 1 N–H and O–H groups in total. The molecule has 4 rings (SSSR count). The van der Waals surface area contributed by atoms with E-state index in [4.69, 9.17) is 4.74 Å². The smallest absolute Gasteiger partial charge is 0.347 e. The second-order valence-corrected chi connectivity index (χ2v) is 6.70. The molecule has 21 heavy (non-hydrogen) atoms. The minimum atomic E-state index is -0.849. The highest BCUT2D eigenvalue weighted by atomic mass is 32.1. The number of carboxylic acids is 1. The van der Waals surface area contributed by atoms with Crippen LogP contribution >= 0.6 is 11.3 Å². The molecule has 0 spiro atoms. The summed E-state index contributed by atoms with van der Waals surface area (Å²) in [6.07, 6.45) is 2.99. The summed E-state index contributed by atoms with van der Waals surface area (Å²) in [7, 11) is 0. The lowest BCUT2D eigenvalue weighted by Crippen LogP contribution is -2.19. The summed E-state index contributed by atoms with van der Waals surface area (Å²) in [6.45, 7) is 0.577. The van der Waals surface area contributed by atoms with E-state index in [1.807, 2.05) is 18.2 Å². The van der Waals surface area contributed by atoms with Crippen LogP contribution in [-0.4, -0.2) is 22.7 Å². The summed E-state index contributed by atoms with van der Waals surface area (Å²) in [5.74, 6) is 0.609. The minimum Gasteiger partial charge on any atom is -0.493 e. The SMILES string of the molecule is O=C(O)c1sc(C2COc3ccccc3C2)nc1C1CC1. The van der Waals surface area contributed by atoms with Gasteiger partial charge in [-0.05, 0) is 30.9 Å². The van der Waals surface area contributed by atoms with Gasteiger partial charge in [0.05, 0.1) is 12.3 Å². The van der Waals surface area contributed by atoms with Gasteiger partial charge in [-0.25, -0.2) is 9.78 Å². The predicted molar refractivity (Wildman–Crippen MR) is 79.4 cm³/mol. The molecule has 108 valence electrons. The van der Waals surface area contributed by atoms with Crippen molar-refractivity contribution >= 4 is 17.3 Å². The number of aromatic nitrogens is 1. The lowest BCUT2D eigenvalue weighted by atomic mass is 9.97. The summed E-state index contributed by atoms with van der Waals surface area (Å²) in [5.41, 5.74) is 1.97. The van der Waals surface area contributed by atoms with Crippen LogP contribution in [0.3, 0.4) is 0 Å². The average molecular weight is 301 g/mol. The molecule has 1 aromatic carbocycles.